The van der Waals surface area contributed by atoms with Crippen molar-refractivity contribution in [2.75, 3.05) is 0 Å². The molecule has 2 aromatic heterocycles. The van der Waals surface area contributed by atoms with Crippen LogP contribution in [0.15, 0.2) is 109 Å². The molecule has 0 aliphatic rings. The van der Waals surface area contributed by atoms with Gasteiger partial charge in [0.15, 0.2) is 46.5 Å². The smallest absolute Gasteiger partial charge is 0.200 e. The fourth-order valence-electron chi connectivity index (χ4n) is 7.42. The number of benzene rings is 7. The molecule has 0 radical (unpaired) electrons. The average molecular weight is 741 g/mol. The van der Waals surface area contributed by atoms with Crippen molar-refractivity contribution < 1.29 is 43.9 Å². The van der Waals surface area contributed by atoms with Gasteiger partial charge in [0.2, 0.25) is 11.6 Å². The zero-order valence-electron chi connectivity index (χ0n) is 27.1. The molecular weight excluding hydrogens is 722 g/mol. The van der Waals surface area contributed by atoms with Gasteiger partial charge in [-0.25, -0.2) is 43.9 Å². The lowest BCUT2D eigenvalue weighted by Crippen LogP contribution is -2.11. The summed E-state index contributed by atoms with van der Waals surface area (Å²) in [5.74, 6) is -23.4. The molecule has 12 heteroatoms. The van der Waals surface area contributed by atoms with Crippen LogP contribution in [0.3, 0.4) is 0 Å². The second-order valence-electron chi connectivity index (χ2n) is 12.5. The molecule has 0 unspecified atom stereocenters. The minimum Gasteiger partial charge on any atom is -0.309 e. The number of aromatic nitrogens is 2. The second kappa shape index (κ2) is 12.0. The third-order valence-corrected chi connectivity index (χ3v) is 9.69. The monoisotopic (exact) mass is 740 g/mol. The Hall–Kier alpha value is -6.56. The van der Waals surface area contributed by atoms with Crippen molar-refractivity contribution in [1.82, 2.24) is 9.13 Å². The first kappa shape index (κ1) is 33.3. The van der Waals surface area contributed by atoms with Crippen LogP contribution < -0.4 is 0 Å². The molecule has 9 rings (SSSR count). The van der Waals surface area contributed by atoms with Crippen LogP contribution in [0, 0.1) is 58.2 Å². The highest BCUT2D eigenvalue weighted by Gasteiger charge is 2.34. The Morgan fingerprint density at radius 1 is 0.296 bits per heavy atom. The van der Waals surface area contributed by atoms with Gasteiger partial charge in [0.05, 0.1) is 38.9 Å². The van der Waals surface area contributed by atoms with Crippen molar-refractivity contribution in [1.29, 1.82) is 0 Å². The summed E-state index contributed by atoms with van der Waals surface area (Å²) >= 11 is 0. The normalized spacial score (nSPS) is 11.9. The number of halogens is 10. The Labute approximate surface area is 297 Å². The Balaban J connectivity index is 1.59. The summed E-state index contributed by atoms with van der Waals surface area (Å²) in [7, 11) is 0. The van der Waals surface area contributed by atoms with Crippen molar-refractivity contribution >= 4 is 43.6 Å². The number of fused-ring (bicyclic) bond motifs is 6. The predicted octanol–water partition coefficient (Wildman–Crippen LogP) is 12.6. The Morgan fingerprint density at radius 2 is 0.556 bits per heavy atom. The molecule has 0 spiro atoms. The summed E-state index contributed by atoms with van der Waals surface area (Å²) in [6.07, 6.45) is 0. The Morgan fingerprint density at radius 3 is 0.870 bits per heavy atom. The van der Waals surface area contributed by atoms with Crippen LogP contribution >= 0.6 is 0 Å². The lowest BCUT2D eigenvalue weighted by Gasteiger charge is -2.23. The van der Waals surface area contributed by atoms with E-state index in [0.29, 0.717) is 32.6 Å². The van der Waals surface area contributed by atoms with Crippen LogP contribution in [0.1, 0.15) is 0 Å². The van der Waals surface area contributed by atoms with Gasteiger partial charge in [-0.15, -0.1) is 0 Å². The molecule has 0 fully saturated rings. The maximum Gasteiger partial charge on any atom is 0.200 e. The standard InChI is InChI=1S/C42H18F10N2/c43-32-30(33(44)37(48)40(51)36(32)47)24-17-19(53-26-13-5-1-9-20(26)21-10-2-6-14-27(21)53)18-25(31-34(45)38(49)41(52)39(50)35(31)46)42(24)54-28-15-7-3-11-22(28)23-12-4-8-16-29(23)54/h1-18H. The van der Waals surface area contributed by atoms with E-state index in [-0.39, 0.29) is 16.7 Å². The summed E-state index contributed by atoms with van der Waals surface area (Å²) in [6.45, 7) is 0. The molecule has 266 valence electrons. The fraction of sp³-hybridized carbons (Fsp3) is 0. The fourth-order valence-corrected chi connectivity index (χ4v) is 7.42. The van der Waals surface area contributed by atoms with Gasteiger partial charge in [-0.05, 0) is 36.4 Å². The first-order chi connectivity index (χ1) is 26.0. The van der Waals surface area contributed by atoms with Crippen LogP contribution in [0.4, 0.5) is 43.9 Å². The van der Waals surface area contributed by atoms with Gasteiger partial charge in [0.1, 0.15) is 0 Å². The van der Waals surface area contributed by atoms with E-state index < -0.39 is 86.1 Å². The van der Waals surface area contributed by atoms with Crippen LogP contribution in [0.2, 0.25) is 0 Å². The number of para-hydroxylation sites is 4. The van der Waals surface area contributed by atoms with E-state index >= 15 is 35.1 Å². The molecular formula is C42H18F10N2. The summed E-state index contributed by atoms with van der Waals surface area (Å²) < 4.78 is 157. The van der Waals surface area contributed by atoms with E-state index in [1.165, 1.54) is 21.3 Å². The molecule has 7 aromatic carbocycles. The Bertz CT molecular complexity index is 2810. The van der Waals surface area contributed by atoms with Gasteiger partial charge in [0, 0.05) is 38.4 Å². The van der Waals surface area contributed by atoms with Gasteiger partial charge in [0.25, 0.3) is 0 Å². The summed E-state index contributed by atoms with van der Waals surface area (Å²) in [6, 6.07) is 28.4. The van der Waals surface area contributed by atoms with Crippen LogP contribution in [0.25, 0.3) is 77.2 Å². The minimum absolute atomic E-state index is 0.171. The number of hydrogen-bond donors (Lipinski definition) is 0. The lowest BCUT2D eigenvalue weighted by molar-refractivity contribution is 0.381. The number of hydrogen-bond acceptors (Lipinski definition) is 0. The molecule has 0 aliphatic heterocycles. The van der Waals surface area contributed by atoms with Crippen molar-refractivity contribution in [3.8, 4) is 33.6 Å². The Kier molecular flexibility index (Phi) is 7.39. The van der Waals surface area contributed by atoms with E-state index in [1.54, 1.807) is 84.9 Å². The van der Waals surface area contributed by atoms with Crippen molar-refractivity contribution in [3.05, 3.63) is 167 Å². The quantitative estimate of drug-likeness (QED) is 0.0966. The molecule has 0 N–H and O–H groups in total. The van der Waals surface area contributed by atoms with E-state index in [2.05, 4.69) is 0 Å². The molecule has 0 atom stereocenters. The highest BCUT2D eigenvalue weighted by Crippen LogP contribution is 2.47. The molecule has 2 heterocycles. The average Bonchev–Trinajstić information content (AvgIpc) is 3.71. The van der Waals surface area contributed by atoms with E-state index in [4.69, 9.17) is 0 Å². The van der Waals surface area contributed by atoms with Crippen molar-refractivity contribution in [2.24, 2.45) is 0 Å². The summed E-state index contributed by atoms with van der Waals surface area (Å²) in [5.41, 5.74) is -4.17. The summed E-state index contributed by atoms with van der Waals surface area (Å²) in [4.78, 5) is 0. The maximum atomic E-state index is 16.1. The number of nitrogens with zero attached hydrogens (tertiary/aromatic N) is 2. The van der Waals surface area contributed by atoms with Gasteiger partial charge < -0.3 is 9.13 Å². The van der Waals surface area contributed by atoms with Gasteiger partial charge in [-0.2, -0.15) is 0 Å². The molecule has 0 bridgehead atoms. The summed E-state index contributed by atoms with van der Waals surface area (Å²) in [5, 5.41) is 2.22. The first-order valence-corrected chi connectivity index (χ1v) is 16.2. The number of rotatable bonds is 4. The first-order valence-electron chi connectivity index (χ1n) is 16.2. The van der Waals surface area contributed by atoms with Crippen LogP contribution in [0.5, 0.6) is 0 Å². The van der Waals surface area contributed by atoms with E-state index in [1.807, 2.05) is 0 Å². The highest BCUT2D eigenvalue weighted by molar-refractivity contribution is 6.12. The molecule has 0 amide bonds. The topological polar surface area (TPSA) is 9.86 Å². The molecule has 0 aliphatic carbocycles. The molecule has 2 nitrogen and oxygen atoms in total. The maximum absolute atomic E-state index is 16.1. The second-order valence-corrected chi connectivity index (χ2v) is 12.5. The van der Waals surface area contributed by atoms with Gasteiger partial charge in [-0.3, -0.25) is 0 Å². The SMILES string of the molecule is Fc1c(F)c(F)c(-c2cc(-n3c4ccccc4c4ccccc43)cc(-c3c(F)c(F)c(F)c(F)c3F)c2-n2c3ccccc3c3ccccc32)c(F)c1F. The van der Waals surface area contributed by atoms with Crippen molar-refractivity contribution in [2.45, 2.75) is 0 Å². The third-order valence-electron chi connectivity index (χ3n) is 9.69. The van der Waals surface area contributed by atoms with Crippen LogP contribution in [-0.4, -0.2) is 9.13 Å². The largest absolute Gasteiger partial charge is 0.309 e. The van der Waals surface area contributed by atoms with E-state index in [9.17, 15) is 8.78 Å². The predicted molar refractivity (Wildman–Crippen MR) is 186 cm³/mol. The minimum atomic E-state index is -2.47. The van der Waals surface area contributed by atoms with Crippen LogP contribution in [-0.2, 0) is 0 Å². The highest BCUT2D eigenvalue weighted by atomic mass is 19.2. The third kappa shape index (κ3) is 4.49. The molecule has 54 heavy (non-hydrogen) atoms. The zero-order valence-corrected chi connectivity index (χ0v) is 27.1. The van der Waals surface area contributed by atoms with Gasteiger partial charge in [-0.1, -0.05) is 72.8 Å². The molecule has 0 saturated carbocycles. The van der Waals surface area contributed by atoms with Gasteiger partial charge >= 0.3 is 0 Å². The lowest BCUT2D eigenvalue weighted by atomic mass is 9.92. The van der Waals surface area contributed by atoms with Crippen molar-refractivity contribution in [3.63, 3.8) is 0 Å². The molecule has 9 aromatic rings. The zero-order chi connectivity index (χ0) is 37.7. The molecule has 0 saturated heterocycles. The van der Waals surface area contributed by atoms with E-state index in [0.717, 1.165) is 12.1 Å².